The van der Waals surface area contributed by atoms with Crippen LogP contribution in [-0.4, -0.2) is 21.8 Å². The average Bonchev–Trinajstić information content (AvgIpc) is 2.06. The topological polar surface area (TPSA) is 53.4 Å². The van der Waals surface area contributed by atoms with Gasteiger partial charge in [0.2, 0.25) is 0 Å². The number of aliphatic hydroxyl groups is 2. The van der Waals surface area contributed by atoms with Gasteiger partial charge in [0.1, 0.15) is 5.60 Å². The van der Waals surface area contributed by atoms with E-state index in [1.54, 1.807) is 31.5 Å². The molecule has 0 radical (unpaired) electrons. The van der Waals surface area contributed by atoms with Crippen molar-refractivity contribution in [2.24, 2.45) is 0 Å². The Hall–Kier alpha value is -0.640. The van der Waals surface area contributed by atoms with E-state index in [1.807, 2.05) is 0 Å². The van der Waals surface area contributed by atoms with E-state index in [0.717, 1.165) is 0 Å². The molecule has 12 heavy (non-hydrogen) atoms. The van der Waals surface area contributed by atoms with Gasteiger partial charge in [-0.3, -0.25) is 4.98 Å². The van der Waals surface area contributed by atoms with Gasteiger partial charge in [0, 0.05) is 12.4 Å². The van der Waals surface area contributed by atoms with Crippen molar-refractivity contribution in [2.45, 2.75) is 12.5 Å². The van der Waals surface area contributed by atoms with Crippen LogP contribution >= 0.6 is 12.4 Å². The Kier molecular flexibility index (Phi) is 4.17. The van der Waals surface area contributed by atoms with Crippen molar-refractivity contribution < 1.29 is 10.2 Å². The molecule has 0 fully saturated rings. The number of nitrogens with zero attached hydrogens (tertiary/aromatic N) is 1. The van der Waals surface area contributed by atoms with Crippen LogP contribution in [0.25, 0.3) is 0 Å². The Morgan fingerprint density at radius 3 is 2.33 bits per heavy atom. The molecule has 1 atom stereocenters. The van der Waals surface area contributed by atoms with Crippen molar-refractivity contribution >= 4 is 12.4 Å². The minimum Gasteiger partial charge on any atom is -0.393 e. The first-order valence-corrected chi connectivity index (χ1v) is 3.40. The Balaban J connectivity index is 0.00000121. The second-order valence-electron chi connectivity index (χ2n) is 2.67. The van der Waals surface area contributed by atoms with Gasteiger partial charge >= 0.3 is 0 Å². The second-order valence-corrected chi connectivity index (χ2v) is 2.67. The number of aliphatic hydroxyl groups excluding tert-OH is 1. The van der Waals surface area contributed by atoms with E-state index in [0.29, 0.717) is 5.56 Å². The molecule has 0 saturated carbocycles. The standard InChI is InChI=1S/C8H11NO2.ClH/c1-8(11,6-10)7-2-4-9-5-3-7;/h2-5,10-11H,6H2,1H3;1H. The van der Waals surface area contributed by atoms with Gasteiger partial charge in [0.25, 0.3) is 0 Å². The van der Waals surface area contributed by atoms with Gasteiger partial charge in [-0.2, -0.15) is 0 Å². The molecule has 1 heterocycles. The van der Waals surface area contributed by atoms with Crippen LogP contribution in [0.4, 0.5) is 0 Å². The zero-order chi connectivity index (χ0) is 8.32. The van der Waals surface area contributed by atoms with E-state index in [2.05, 4.69) is 4.98 Å². The first kappa shape index (κ1) is 11.4. The van der Waals surface area contributed by atoms with Gasteiger partial charge in [0.15, 0.2) is 0 Å². The Bertz CT molecular complexity index is 226. The number of rotatable bonds is 2. The summed E-state index contributed by atoms with van der Waals surface area (Å²) in [6, 6.07) is 3.35. The van der Waals surface area contributed by atoms with Crippen LogP contribution in [-0.2, 0) is 5.60 Å². The third-order valence-corrected chi connectivity index (χ3v) is 1.61. The highest BCUT2D eigenvalue weighted by Crippen LogP contribution is 2.17. The van der Waals surface area contributed by atoms with E-state index < -0.39 is 5.60 Å². The number of aromatic nitrogens is 1. The maximum atomic E-state index is 9.52. The molecule has 68 valence electrons. The summed E-state index contributed by atoms with van der Waals surface area (Å²) in [5.41, 5.74) is -0.474. The molecule has 0 amide bonds. The van der Waals surface area contributed by atoms with E-state index in [1.165, 1.54) is 0 Å². The fraction of sp³-hybridized carbons (Fsp3) is 0.375. The fourth-order valence-corrected chi connectivity index (χ4v) is 0.802. The number of pyridine rings is 1. The van der Waals surface area contributed by atoms with E-state index in [9.17, 15) is 5.11 Å². The van der Waals surface area contributed by atoms with Crippen LogP contribution in [0.15, 0.2) is 24.5 Å². The molecule has 0 aliphatic heterocycles. The normalized spacial score (nSPS) is 14.6. The lowest BCUT2D eigenvalue weighted by Crippen LogP contribution is -2.25. The Labute approximate surface area is 77.5 Å². The number of hydrogen-bond acceptors (Lipinski definition) is 3. The van der Waals surface area contributed by atoms with Crippen LogP contribution in [0.3, 0.4) is 0 Å². The predicted octanol–water partition coefficient (Wildman–Crippen LogP) is 0.703. The van der Waals surface area contributed by atoms with Crippen LogP contribution in [0, 0.1) is 0 Å². The van der Waals surface area contributed by atoms with E-state index in [-0.39, 0.29) is 19.0 Å². The van der Waals surface area contributed by atoms with Crippen LogP contribution < -0.4 is 0 Å². The smallest absolute Gasteiger partial charge is 0.110 e. The van der Waals surface area contributed by atoms with Gasteiger partial charge in [-0.15, -0.1) is 12.4 Å². The summed E-state index contributed by atoms with van der Waals surface area (Å²) < 4.78 is 0. The molecule has 0 bridgehead atoms. The molecule has 0 spiro atoms. The first-order chi connectivity index (χ1) is 5.17. The van der Waals surface area contributed by atoms with E-state index in [4.69, 9.17) is 5.11 Å². The molecule has 2 N–H and O–H groups in total. The van der Waals surface area contributed by atoms with Gasteiger partial charge in [-0.25, -0.2) is 0 Å². The number of hydrogen-bond donors (Lipinski definition) is 2. The average molecular weight is 190 g/mol. The first-order valence-electron chi connectivity index (χ1n) is 3.40. The molecule has 0 aliphatic carbocycles. The summed E-state index contributed by atoms with van der Waals surface area (Å²) in [5, 5.41) is 18.3. The van der Waals surface area contributed by atoms with Gasteiger partial charge in [-0.05, 0) is 24.6 Å². The largest absolute Gasteiger partial charge is 0.393 e. The van der Waals surface area contributed by atoms with Crippen LogP contribution in [0.2, 0.25) is 0 Å². The van der Waals surface area contributed by atoms with Gasteiger partial charge in [0.05, 0.1) is 6.61 Å². The summed E-state index contributed by atoms with van der Waals surface area (Å²) in [6.07, 6.45) is 3.17. The molecule has 0 aliphatic rings. The maximum Gasteiger partial charge on any atom is 0.110 e. The molecule has 0 saturated heterocycles. The molecule has 1 aromatic heterocycles. The van der Waals surface area contributed by atoms with Crippen molar-refractivity contribution in [1.82, 2.24) is 4.98 Å². The molecular weight excluding hydrogens is 178 g/mol. The molecule has 4 heteroatoms. The minimum atomic E-state index is -1.15. The third kappa shape index (κ3) is 2.44. The SMILES string of the molecule is CC(O)(CO)c1ccncc1.Cl. The summed E-state index contributed by atoms with van der Waals surface area (Å²) in [5.74, 6) is 0. The van der Waals surface area contributed by atoms with Crippen molar-refractivity contribution in [1.29, 1.82) is 0 Å². The summed E-state index contributed by atoms with van der Waals surface area (Å²) in [4.78, 5) is 3.80. The molecule has 1 aromatic rings. The molecule has 1 rings (SSSR count). The quantitative estimate of drug-likeness (QED) is 0.721. The summed E-state index contributed by atoms with van der Waals surface area (Å²) in [7, 11) is 0. The minimum absolute atomic E-state index is 0. The van der Waals surface area contributed by atoms with Crippen LogP contribution in [0.1, 0.15) is 12.5 Å². The lowest BCUT2D eigenvalue weighted by atomic mass is 9.99. The zero-order valence-electron chi connectivity index (χ0n) is 6.77. The summed E-state index contributed by atoms with van der Waals surface area (Å²) in [6.45, 7) is 1.28. The molecule has 3 nitrogen and oxygen atoms in total. The number of halogens is 1. The molecule has 0 aromatic carbocycles. The molecular formula is C8H12ClNO2. The van der Waals surface area contributed by atoms with Gasteiger partial charge in [-0.1, -0.05) is 0 Å². The zero-order valence-corrected chi connectivity index (χ0v) is 7.58. The molecule has 1 unspecified atom stereocenters. The highest BCUT2D eigenvalue weighted by molar-refractivity contribution is 5.85. The lowest BCUT2D eigenvalue weighted by molar-refractivity contribution is -0.00234. The third-order valence-electron chi connectivity index (χ3n) is 1.61. The lowest BCUT2D eigenvalue weighted by Gasteiger charge is -2.19. The second kappa shape index (κ2) is 4.40. The summed E-state index contributed by atoms with van der Waals surface area (Å²) >= 11 is 0. The van der Waals surface area contributed by atoms with Crippen LogP contribution in [0.5, 0.6) is 0 Å². The van der Waals surface area contributed by atoms with Gasteiger partial charge < -0.3 is 10.2 Å². The van der Waals surface area contributed by atoms with Crippen molar-refractivity contribution in [3.63, 3.8) is 0 Å². The predicted molar refractivity (Wildman–Crippen MR) is 48.1 cm³/mol. The Morgan fingerprint density at radius 1 is 1.42 bits per heavy atom. The van der Waals surface area contributed by atoms with Crippen molar-refractivity contribution in [3.8, 4) is 0 Å². The highest BCUT2D eigenvalue weighted by atomic mass is 35.5. The Morgan fingerprint density at radius 2 is 1.92 bits per heavy atom. The van der Waals surface area contributed by atoms with Crippen molar-refractivity contribution in [3.05, 3.63) is 30.1 Å². The monoisotopic (exact) mass is 189 g/mol. The van der Waals surface area contributed by atoms with E-state index >= 15 is 0 Å². The maximum absolute atomic E-state index is 9.52. The van der Waals surface area contributed by atoms with Crippen molar-refractivity contribution in [2.75, 3.05) is 6.61 Å². The highest BCUT2D eigenvalue weighted by Gasteiger charge is 2.20. The fourth-order valence-electron chi connectivity index (χ4n) is 0.802.